The van der Waals surface area contributed by atoms with E-state index < -0.39 is 0 Å². The number of hydrogen-bond acceptors (Lipinski definition) is 2. The molecule has 0 spiro atoms. The zero-order valence-corrected chi connectivity index (χ0v) is 13.4. The van der Waals surface area contributed by atoms with Crippen LogP contribution in [-0.4, -0.2) is 16.3 Å². The molecule has 1 atom stereocenters. The summed E-state index contributed by atoms with van der Waals surface area (Å²) in [5.41, 5.74) is 3.91. The number of aromatic nitrogens is 2. The van der Waals surface area contributed by atoms with Crippen LogP contribution in [0.15, 0.2) is 0 Å². The van der Waals surface area contributed by atoms with E-state index in [1.807, 2.05) is 0 Å². The number of aryl methyl sites for hydroxylation is 1. The predicted molar refractivity (Wildman–Crippen MR) is 82.4 cm³/mol. The Labute approximate surface area is 118 Å². The highest BCUT2D eigenvalue weighted by Crippen LogP contribution is 2.19. The van der Waals surface area contributed by atoms with Crippen LogP contribution < -0.4 is 5.32 Å². The Hall–Kier alpha value is -0.830. The van der Waals surface area contributed by atoms with Gasteiger partial charge in [-0.2, -0.15) is 5.10 Å². The van der Waals surface area contributed by atoms with E-state index in [-0.39, 0.29) is 0 Å². The lowest BCUT2D eigenvalue weighted by Gasteiger charge is -2.15. The second kappa shape index (κ2) is 8.36. The Bertz CT molecular complexity index is 368. The lowest BCUT2D eigenvalue weighted by molar-refractivity contribution is 0.367. The number of unbranched alkanes of at least 4 members (excludes halogenated alkanes) is 1. The molecule has 0 saturated carbocycles. The minimum absolute atomic E-state index is 0.768. The quantitative estimate of drug-likeness (QED) is 0.735. The van der Waals surface area contributed by atoms with Gasteiger partial charge in [-0.25, -0.2) is 0 Å². The van der Waals surface area contributed by atoms with Crippen molar-refractivity contribution in [3.05, 3.63) is 17.0 Å². The average Bonchev–Trinajstić information content (AvgIpc) is 2.67. The first-order valence-corrected chi connectivity index (χ1v) is 7.87. The molecule has 1 aromatic rings. The van der Waals surface area contributed by atoms with Crippen LogP contribution in [0.4, 0.5) is 0 Å². The summed E-state index contributed by atoms with van der Waals surface area (Å²) in [5, 5.41) is 8.14. The topological polar surface area (TPSA) is 29.9 Å². The molecular weight excluding hydrogens is 234 g/mol. The van der Waals surface area contributed by atoms with Crippen LogP contribution >= 0.6 is 0 Å². The minimum atomic E-state index is 0.768. The molecule has 0 saturated heterocycles. The summed E-state index contributed by atoms with van der Waals surface area (Å²) >= 11 is 0. The normalized spacial score (nSPS) is 12.9. The van der Waals surface area contributed by atoms with Crippen molar-refractivity contribution < 1.29 is 0 Å². The molecule has 1 rings (SSSR count). The summed E-state index contributed by atoms with van der Waals surface area (Å²) < 4.78 is 2.23. The van der Waals surface area contributed by atoms with Gasteiger partial charge in [0.1, 0.15) is 0 Å². The van der Waals surface area contributed by atoms with Crippen LogP contribution in [0.3, 0.4) is 0 Å². The maximum Gasteiger partial charge on any atom is 0.0641 e. The largest absolute Gasteiger partial charge is 0.313 e. The van der Waals surface area contributed by atoms with Crippen LogP contribution in [0, 0.1) is 19.8 Å². The van der Waals surface area contributed by atoms with Crippen molar-refractivity contribution in [2.75, 3.05) is 6.54 Å². The van der Waals surface area contributed by atoms with E-state index in [1.54, 1.807) is 0 Å². The molecule has 0 aliphatic rings. The van der Waals surface area contributed by atoms with Gasteiger partial charge >= 0.3 is 0 Å². The minimum Gasteiger partial charge on any atom is -0.313 e. The molecule has 3 nitrogen and oxygen atoms in total. The van der Waals surface area contributed by atoms with Gasteiger partial charge in [0.2, 0.25) is 0 Å². The molecule has 0 amide bonds. The molecule has 0 fully saturated rings. The monoisotopic (exact) mass is 265 g/mol. The van der Waals surface area contributed by atoms with Crippen LogP contribution in [0.25, 0.3) is 0 Å². The van der Waals surface area contributed by atoms with Gasteiger partial charge in [0.05, 0.1) is 5.69 Å². The smallest absolute Gasteiger partial charge is 0.0641 e. The number of nitrogens with zero attached hydrogens (tertiary/aromatic N) is 2. The fourth-order valence-electron chi connectivity index (χ4n) is 2.58. The number of rotatable bonds is 9. The maximum atomic E-state index is 4.74. The van der Waals surface area contributed by atoms with Crippen molar-refractivity contribution in [2.45, 2.75) is 73.4 Å². The first-order valence-electron chi connectivity index (χ1n) is 7.87. The van der Waals surface area contributed by atoms with E-state index in [4.69, 9.17) is 5.10 Å². The Morgan fingerprint density at radius 3 is 2.53 bits per heavy atom. The van der Waals surface area contributed by atoms with Crippen molar-refractivity contribution in [2.24, 2.45) is 5.92 Å². The van der Waals surface area contributed by atoms with E-state index >= 15 is 0 Å². The van der Waals surface area contributed by atoms with Crippen molar-refractivity contribution in [3.63, 3.8) is 0 Å². The Morgan fingerprint density at radius 1 is 1.21 bits per heavy atom. The highest BCUT2D eigenvalue weighted by molar-refractivity contribution is 5.24. The van der Waals surface area contributed by atoms with Gasteiger partial charge in [-0.15, -0.1) is 0 Å². The van der Waals surface area contributed by atoms with Crippen LogP contribution in [0.1, 0.15) is 63.4 Å². The predicted octanol–water partition coefficient (Wildman–Crippen LogP) is 3.83. The molecule has 0 bridgehead atoms. The van der Waals surface area contributed by atoms with Crippen molar-refractivity contribution >= 4 is 0 Å². The van der Waals surface area contributed by atoms with Crippen LogP contribution in [-0.2, 0) is 13.1 Å². The molecule has 0 aliphatic carbocycles. The molecule has 3 heteroatoms. The van der Waals surface area contributed by atoms with E-state index in [0.29, 0.717) is 0 Å². The maximum absolute atomic E-state index is 4.74. The third-order valence-corrected chi connectivity index (χ3v) is 4.06. The van der Waals surface area contributed by atoms with E-state index in [1.165, 1.54) is 42.6 Å². The van der Waals surface area contributed by atoms with E-state index in [9.17, 15) is 0 Å². The van der Waals surface area contributed by atoms with Crippen LogP contribution in [0.5, 0.6) is 0 Å². The molecule has 0 aromatic carbocycles. The first-order chi connectivity index (χ1) is 9.13. The van der Waals surface area contributed by atoms with Crippen molar-refractivity contribution in [1.82, 2.24) is 15.1 Å². The standard InChI is InChI=1S/C16H31N3/c1-6-9-10-15(7-2)12-19-14(5)16(11-17-8-3)13(4)18-19/h15,17H,6-12H2,1-5H3. The van der Waals surface area contributed by atoms with Gasteiger partial charge in [-0.1, -0.05) is 40.0 Å². The SMILES string of the molecule is CCCCC(CC)Cn1nc(C)c(CNCC)c1C. The summed E-state index contributed by atoms with van der Waals surface area (Å²) in [4.78, 5) is 0. The zero-order valence-electron chi connectivity index (χ0n) is 13.4. The van der Waals surface area contributed by atoms with Gasteiger partial charge < -0.3 is 5.32 Å². The van der Waals surface area contributed by atoms with E-state index in [0.717, 1.165) is 25.6 Å². The summed E-state index contributed by atoms with van der Waals surface area (Å²) in [6.45, 7) is 14.1. The zero-order chi connectivity index (χ0) is 14.3. The van der Waals surface area contributed by atoms with Gasteiger partial charge in [0.25, 0.3) is 0 Å². The Kier molecular flexibility index (Phi) is 7.14. The molecule has 0 radical (unpaired) electrons. The van der Waals surface area contributed by atoms with Crippen LogP contribution in [0.2, 0.25) is 0 Å². The fraction of sp³-hybridized carbons (Fsp3) is 0.812. The van der Waals surface area contributed by atoms with Gasteiger partial charge in [0.15, 0.2) is 0 Å². The van der Waals surface area contributed by atoms with Gasteiger partial charge in [0, 0.05) is 24.3 Å². The highest BCUT2D eigenvalue weighted by atomic mass is 15.3. The highest BCUT2D eigenvalue weighted by Gasteiger charge is 2.14. The van der Waals surface area contributed by atoms with Crippen molar-refractivity contribution in [1.29, 1.82) is 0 Å². The molecule has 1 aromatic heterocycles. The Morgan fingerprint density at radius 2 is 1.95 bits per heavy atom. The second-order valence-corrected chi connectivity index (χ2v) is 5.53. The second-order valence-electron chi connectivity index (χ2n) is 5.53. The molecular formula is C16H31N3. The first kappa shape index (κ1) is 16.2. The third-order valence-electron chi connectivity index (χ3n) is 4.06. The molecule has 1 heterocycles. The lowest BCUT2D eigenvalue weighted by Crippen LogP contribution is -2.15. The number of hydrogen-bond donors (Lipinski definition) is 1. The average molecular weight is 265 g/mol. The summed E-state index contributed by atoms with van der Waals surface area (Å²) in [5.74, 6) is 0.768. The molecule has 1 unspecified atom stereocenters. The van der Waals surface area contributed by atoms with Crippen molar-refractivity contribution in [3.8, 4) is 0 Å². The number of nitrogens with one attached hydrogen (secondary N) is 1. The van der Waals surface area contributed by atoms with Gasteiger partial charge in [-0.05, 0) is 32.7 Å². The molecule has 1 N–H and O–H groups in total. The third kappa shape index (κ3) is 4.64. The summed E-state index contributed by atoms with van der Waals surface area (Å²) in [6.07, 6.45) is 5.20. The van der Waals surface area contributed by atoms with Gasteiger partial charge in [-0.3, -0.25) is 4.68 Å². The fourth-order valence-corrected chi connectivity index (χ4v) is 2.58. The molecule has 0 aliphatic heterocycles. The Balaban J connectivity index is 2.72. The van der Waals surface area contributed by atoms with E-state index in [2.05, 4.69) is 44.6 Å². The lowest BCUT2D eigenvalue weighted by atomic mass is 9.99. The summed E-state index contributed by atoms with van der Waals surface area (Å²) in [7, 11) is 0. The summed E-state index contributed by atoms with van der Waals surface area (Å²) in [6, 6.07) is 0. The molecule has 19 heavy (non-hydrogen) atoms. The molecule has 110 valence electrons.